The van der Waals surface area contributed by atoms with Crippen LogP contribution in [0.2, 0.25) is 0 Å². The van der Waals surface area contributed by atoms with Crippen molar-refractivity contribution in [2.75, 3.05) is 4.90 Å². The Labute approximate surface area is 155 Å². The fraction of sp³-hybridized carbons (Fsp3) is 0.588. The standard InChI is InChI=1S/C17H23BrN2O5/c1-16(2,3)24-14(21)20(15(22)25-17(4,5)6)13-11-9-23-8-10(11)12(18)7-19-13/h7H,8-9H2,1-6H3. The van der Waals surface area contributed by atoms with Gasteiger partial charge in [-0.25, -0.2) is 14.6 Å². The van der Waals surface area contributed by atoms with Crippen LogP contribution in [0.5, 0.6) is 0 Å². The molecule has 7 nitrogen and oxygen atoms in total. The maximum Gasteiger partial charge on any atom is 0.425 e. The molecule has 138 valence electrons. The van der Waals surface area contributed by atoms with Gasteiger partial charge in [0.1, 0.15) is 11.2 Å². The number of hydrogen-bond donors (Lipinski definition) is 0. The highest BCUT2D eigenvalue weighted by atomic mass is 79.9. The number of hydrogen-bond acceptors (Lipinski definition) is 6. The molecule has 0 aromatic carbocycles. The summed E-state index contributed by atoms with van der Waals surface area (Å²) in [6, 6.07) is 0. The molecular formula is C17H23BrN2O5. The Kier molecular flexibility index (Phi) is 5.44. The van der Waals surface area contributed by atoms with Gasteiger partial charge >= 0.3 is 12.2 Å². The number of anilines is 1. The predicted molar refractivity (Wildman–Crippen MR) is 95.4 cm³/mol. The third-order valence-electron chi connectivity index (χ3n) is 3.08. The maximum atomic E-state index is 12.7. The van der Waals surface area contributed by atoms with Crippen LogP contribution < -0.4 is 4.90 Å². The molecule has 0 aliphatic carbocycles. The highest BCUT2D eigenvalue weighted by molar-refractivity contribution is 9.10. The molecule has 1 aromatic rings. The van der Waals surface area contributed by atoms with Crippen LogP contribution in [0.4, 0.5) is 15.4 Å². The third-order valence-corrected chi connectivity index (χ3v) is 3.76. The van der Waals surface area contributed by atoms with E-state index in [-0.39, 0.29) is 12.4 Å². The molecular weight excluding hydrogens is 392 g/mol. The molecule has 8 heteroatoms. The largest absolute Gasteiger partial charge is 0.443 e. The summed E-state index contributed by atoms with van der Waals surface area (Å²) in [6.07, 6.45) is -0.152. The van der Waals surface area contributed by atoms with Gasteiger partial charge in [-0.15, -0.1) is 0 Å². The zero-order valence-electron chi connectivity index (χ0n) is 15.3. The number of amides is 2. The first-order valence-electron chi connectivity index (χ1n) is 7.89. The van der Waals surface area contributed by atoms with Crippen molar-refractivity contribution < 1.29 is 23.8 Å². The number of carbonyl (C=O) groups excluding carboxylic acids is 2. The van der Waals surface area contributed by atoms with Crippen LogP contribution in [0.15, 0.2) is 10.7 Å². The summed E-state index contributed by atoms with van der Waals surface area (Å²) < 4.78 is 17.0. The van der Waals surface area contributed by atoms with E-state index in [9.17, 15) is 9.59 Å². The Morgan fingerprint density at radius 2 is 1.52 bits per heavy atom. The van der Waals surface area contributed by atoms with Crippen molar-refractivity contribution in [3.05, 3.63) is 21.8 Å². The van der Waals surface area contributed by atoms with E-state index in [4.69, 9.17) is 14.2 Å². The summed E-state index contributed by atoms with van der Waals surface area (Å²) in [5.41, 5.74) is -0.0353. The highest BCUT2D eigenvalue weighted by Gasteiger charge is 2.36. The quantitative estimate of drug-likeness (QED) is 0.670. The van der Waals surface area contributed by atoms with E-state index in [1.807, 2.05) is 0 Å². The molecule has 2 amide bonds. The number of carbonyl (C=O) groups is 2. The Balaban J connectivity index is 2.47. The average Bonchev–Trinajstić information content (AvgIpc) is 2.87. The van der Waals surface area contributed by atoms with Gasteiger partial charge in [0.15, 0.2) is 5.82 Å². The van der Waals surface area contributed by atoms with Gasteiger partial charge < -0.3 is 14.2 Å². The van der Waals surface area contributed by atoms with E-state index < -0.39 is 23.4 Å². The van der Waals surface area contributed by atoms with Crippen LogP contribution in [0.1, 0.15) is 52.7 Å². The van der Waals surface area contributed by atoms with Gasteiger partial charge in [0.2, 0.25) is 0 Å². The van der Waals surface area contributed by atoms with Gasteiger partial charge in [-0.1, -0.05) is 0 Å². The zero-order valence-corrected chi connectivity index (χ0v) is 16.9. The fourth-order valence-corrected chi connectivity index (χ4v) is 2.63. The van der Waals surface area contributed by atoms with Crippen molar-refractivity contribution in [1.82, 2.24) is 4.98 Å². The normalized spacial score (nSPS) is 14.0. The van der Waals surface area contributed by atoms with Gasteiger partial charge in [-0.05, 0) is 57.5 Å². The topological polar surface area (TPSA) is 78.0 Å². The smallest absolute Gasteiger partial charge is 0.425 e. The van der Waals surface area contributed by atoms with E-state index >= 15 is 0 Å². The number of halogens is 1. The molecule has 0 unspecified atom stereocenters. The minimum atomic E-state index is -0.842. The molecule has 0 saturated heterocycles. The van der Waals surface area contributed by atoms with E-state index in [0.717, 1.165) is 14.9 Å². The summed E-state index contributed by atoms with van der Waals surface area (Å²) >= 11 is 3.41. The van der Waals surface area contributed by atoms with E-state index in [2.05, 4.69) is 20.9 Å². The minimum absolute atomic E-state index is 0.166. The van der Waals surface area contributed by atoms with E-state index in [1.165, 1.54) is 6.20 Å². The van der Waals surface area contributed by atoms with Crippen molar-refractivity contribution in [2.45, 2.75) is 66.0 Å². The monoisotopic (exact) mass is 414 g/mol. The summed E-state index contributed by atoms with van der Waals surface area (Å²) in [7, 11) is 0. The summed E-state index contributed by atoms with van der Waals surface area (Å²) in [5, 5.41) is 0. The Morgan fingerprint density at radius 3 is 2.00 bits per heavy atom. The second-order valence-corrected chi connectivity index (χ2v) is 8.53. The van der Waals surface area contributed by atoms with Crippen molar-refractivity contribution in [2.24, 2.45) is 0 Å². The molecule has 0 radical (unpaired) electrons. The van der Waals surface area contributed by atoms with Crippen LogP contribution >= 0.6 is 15.9 Å². The van der Waals surface area contributed by atoms with Crippen molar-refractivity contribution >= 4 is 33.9 Å². The summed E-state index contributed by atoms with van der Waals surface area (Å²) in [5.74, 6) is 0.166. The average molecular weight is 415 g/mol. The number of pyridine rings is 1. The van der Waals surface area contributed by atoms with Gasteiger partial charge in [-0.3, -0.25) is 0 Å². The van der Waals surface area contributed by atoms with Crippen LogP contribution in [0.25, 0.3) is 0 Å². The summed E-state index contributed by atoms with van der Waals surface area (Å²) in [4.78, 5) is 30.4. The number of rotatable bonds is 1. The predicted octanol–water partition coefficient (Wildman–Crippen LogP) is 4.55. The van der Waals surface area contributed by atoms with Crippen LogP contribution in [-0.4, -0.2) is 28.4 Å². The first-order valence-corrected chi connectivity index (χ1v) is 8.68. The van der Waals surface area contributed by atoms with Gasteiger partial charge in [0.05, 0.1) is 13.2 Å². The molecule has 2 rings (SSSR count). The van der Waals surface area contributed by atoms with E-state index in [0.29, 0.717) is 12.2 Å². The highest BCUT2D eigenvalue weighted by Crippen LogP contribution is 2.34. The maximum absolute atomic E-state index is 12.7. The molecule has 0 N–H and O–H groups in total. The number of fused-ring (bicyclic) bond motifs is 1. The third kappa shape index (κ3) is 4.92. The first-order chi connectivity index (χ1) is 11.4. The van der Waals surface area contributed by atoms with E-state index in [1.54, 1.807) is 41.5 Å². The number of imide groups is 1. The van der Waals surface area contributed by atoms with Crippen molar-refractivity contribution in [3.8, 4) is 0 Å². The number of ether oxygens (including phenoxy) is 3. The molecule has 0 saturated carbocycles. The molecule has 2 heterocycles. The lowest BCUT2D eigenvalue weighted by molar-refractivity contribution is 0.0428. The van der Waals surface area contributed by atoms with Crippen LogP contribution in [0, 0.1) is 0 Å². The lowest BCUT2D eigenvalue weighted by Gasteiger charge is -2.28. The Bertz CT molecular complexity index is 664. The lowest BCUT2D eigenvalue weighted by atomic mass is 10.1. The van der Waals surface area contributed by atoms with Crippen molar-refractivity contribution in [1.29, 1.82) is 0 Å². The van der Waals surface area contributed by atoms with Crippen molar-refractivity contribution in [3.63, 3.8) is 0 Å². The number of aromatic nitrogens is 1. The molecule has 1 aromatic heterocycles. The Morgan fingerprint density at radius 1 is 1.04 bits per heavy atom. The first kappa shape index (κ1) is 19.7. The molecule has 0 bridgehead atoms. The SMILES string of the molecule is CC(C)(C)OC(=O)N(C(=O)OC(C)(C)C)c1ncc(Br)c2c1COC2. The second-order valence-electron chi connectivity index (χ2n) is 7.68. The van der Waals surface area contributed by atoms with Gasteiger partial charge in [-0.2, -0.15) is 4.90 Å². The minimum Gasteiger partial charge on any atom is -0.443 e. The van der Waals surface area contributed by atoms with Crippen LogP contribution in [-0.2, 0) is 27.4 Å². The number of nitrogens with zero attached hydrogens (tertiary/aromatic N) is 2. The molecule has 25 heavy (non-hydrogen) atoms. The zero-order chi connectivity index (χ0) is 19.0. The van der Waals surface area contributed by atoms with Gasteiger partial charge in [0, 0.05) is 21.8 Å². The van der Waals surface area contributed by atoms with Gasteiger partial charge in [0.25, 0.3) is 0 Å². The Hall–Kier alpha value is -1.67. The lowest BCUT2D eigenvalue weighted by Crippen LogP contribution is -2.44. The molecule has 0 atom stereocenters. The fourth-order valence-electron chi connectivity index (χ4n) is 2.17. The molecule has 0 spiro atoms. The molecule has 1 aliphatic heterocycles. The second kappa shape index (κ2) is 6.92. The molecule has 0 fully saturated rings. The molecule has 1 aliphatic rings. The summed E-state index contributed by atoms with van der Waals surface area (Å²) in [6.45, 7) is 11.0. The van der Waals surface area contributed by atoms with Crippen LogP contribution in [0.3, 0.4) is 0 Å².